The van der Waals surface area contributed by atoms with Crippen LogP contribution in [-0.4, -0.2) is 18.5 Å². The lowest BCUT2D eigenvalue weighted by atomic mass is 9.98. The van der Waals surface area contributed by atoms with Crippen molar-refractivity contribution in [1.29, 1.82) is 0 Å². The van der Waals surface area contributed by atoms with Gasteiger partial charge >= 0.3 is 0 Å². The molecule has 1 aliphatic heterocycles. The first-order valence-corrected chi connectivity index (χ1v) is 8.56. The molecular weight excluding hydrogens is 390 g/mol. The Kier molecular flexibility index (Phi) is 6.13. The maximum Gasteiger partial charge on any atom is 0.246 e. The third-order valence-corrected chi connectivity index (χ3v) is 4.81. The van der Waals surface area contributed by atoms with Crippen LogP contribution in [0.5, 0.6) is 0 Å². The van der Waals surface area contributed by atoms with Crippen molar-refractivity contribution in [1.82, 2.24) is 0 Å². The number of carbonyl (C=O) groups excluding carboxylic acids is 1. The smallest absolute Gasteiger partial charge is 0.246 e. The topological polar surface area (TPSA) is 58.4 Å². The van der Waals surface area contributed by atoms with Crippen molar-refractivity contribution in [3.05, 3.63) is 52.5 Å². The number of nitrogens with one attached hydrogen (secondary N) is 1. The molecule has 0 aliphatic carbocycles. The van der Waals surface area contributed by atoms with E-state index >= 15 is 0 Å². The zero-order valence-electron chi connectivity index (χ0n) is 13.5. The molecule has 128 valence electrons. The molecule has 0 saturated carbocycles. The van der Waals surface area contributed by atoms with Gasteiger partial charge in [-0.25, -0.2) is 0 Å². The van der Waals surface area contributed by atoms with Gasteiger partial charge in [0.1, 0.15) is 6.04 Å². The number of nitrogens with two attached hydrogens (primary N) is 1. The molecule has 0 spiro atoms. The number of hydrogen-bond acceptors (Lipinski definition) is 3. The van der Waals surface area contributed by atoms with Gasteiger partial charge in [-0.3, -0.25) is 4.79 Å². The summed E-state index contributed by atoms with van der Waals surface area (Å²) in [6.45, 7) is 2.80. The molecule has 2 aromatic carbocycles. The summed E-state index contributed by atoms with van der Waals surface area (Å²) in [5.74, 6) is -0.0115. The van der Waals surface area contributed by atoms with E-state index in [0.717, 1.165) is 46.5 Å². The second-order valence-electron chi connectivity index (χ2n) is 5.81. The summed E-state index contributed by atoms with van der Waals surface area (Å²) in [5.41, 5.74) is 9.93. The monoisotopic (exact) mass is 409 g/mol. The second-order valence-corrected chi connectivity index (χ2v) is 6.73. The van der Waals surface area contributed by atoms with E-state index in [1.165, 1.54) is 0 Å². The van der Waals surface area contributed by atoms with Crippen molar-refractivity contribution < 1.29 is 4.79 Å². The maximum atomic E-state index is 12.6. The number of hydrogen-bond donors (Lipinski definition) is 2. The average Bonchev–Trinajstić information content (AvgIpc) is 2.56. The van der Waals surface area contributed by atoms with Crippen molar-refractivity contribution in [2.75, 3.05) is 22.5 Å². The minimum absolute atomic E-state index is 0. The SMILES string of the molecule is CC(C(=O)Nc1ccc(Br)cc1)N1CCCc2c(N)cccc21.Cl. The molecule has 0 fully saturated rings. The van der Waals surface area contributed by atoms with E-state index in [4.69, 9.17) is 5.73 Å². The number of rotatable bonds is 3. The zero-order valence-corrected chi connectivity index (χ0v) is 15.9. The summed E-state index contributed by atoms with van der Waals surface area (Å²) in [6.07, 6.45) is 1.98. The summed E-state index contributed by atoms with van der Waals surface area (Å²) in [6, 6.07) is 13.3. The van der Waals surface area contributed by atoms with Crippen LogP contribution >= 0.6 is 28.3 Å². The standard InChI is InChI=1S/C18H20BrN3O.ClH/c1-12(18(23)21-14-9-7-13(19)8-10-14)22-11-3-4-15-16(20)5-2-6-17(15)22;/h2,5-10,12H,3-4,11,20H2,1H3,(H,21,23);1H. The summed E-state index contributed by atoms with van der Waals surface area (Å²) in [5, 5.41) is 2.98. The fraction of sp³-hybridized carbons (Fsp3) is 0.278. The zero-order chi connectivity index (χ0) is 16.4. The fourth-order valence-corrected chi connectivity index (χ4v) is 3.27. The molecule has 2 aromatic rings. The van der Waals surface area contributed by atoms with Crippen molar-refractivity contribution in [2.45, 2.75) is 25.8 Å². The molecular formula is C18H21BrClN3O. The van der Waals surface area contributed by atoms with Crippen LogP contribution in [0.1, 0.15) is 18.9 Å². The first kappa shape index (κ1) is 18.6. The highest BCUT2D eigenvalue weighted by molar-refractivity contribution is 9.10. The average molecular weight is 411 g/mol. The van der Waals surface area contributed by atoms with Gasteiger partial charge < -0.3 is 16.0 Å². The van der Waals surface area contributed by atoms with Gasteiger partial charge in [-0.15, -0.1) is 12.4 Å². The van der Waals surface area contributed by atoms with Gasteiger partial charge in [0.25, 0.3) is 0 Å². The summed E-state index contributed by atoms with van der Waals surface area (Å²) in [4.78, 5) is 14.7. The Hall–Kier alpha value is -1.72. The Balaban J connectivity index is 0.00000208. The van der Waals surface area contributed by atoms with Crippen LogP contribution < -0.4 is 16.0 Å². The van der Waals surface area contributed by atoms with Crippen LogP contribution in [0.15, 0.2) is 46.9 Å². The Morgan fingerprint density at radius 2 is 1.96 bits per heavy atom. The van der Waals surface area contributed by atoms with Crippen LogP contribution in [0.4, 0.5) is 17.1 Å². The minimum atomic E-state index is -0.250. The van der Waals surface area contributed by atoms with Crippen LogP contribution in [-0.2, 0) is 11.2 Å². The van der Waals surface area contributed by atoms with Crippen LogP contribution in [0, 0.1) is 0 Å². The Morgan fingerprint density at radius 3 is 2.67 bits per heavy atom. The van der Waals surface area contributed by atoms with E-state index in [2.05, 4.69) is 26.1 Å². The maximum absolute atomic E-state index is 12.6. The lowest BCUT2D eigenvalue weighted by Gasteiger charge is -2.36. The Labute approximate surface area is 157 Å². The van der Waals surface area contributed by atoms with Crippen molar-refractivity contribution >= 4 is 51.3 Å². The molecule has 4 nitrogen and oxygen atoms in total. The van der Waals surface area contributed by atoms with Crippen molar-refractivity contribution in [2.24, 2.45) is 0 Å². The van der Waals surface area contributed by atoms with Gasteiger partial charge in [0.2, 0.25) is 5.91 Å². The Morgan fingerprint density at radius 1 is 1.25 bits per heavy atom. The predicted octanol–water partition coefficient (Wildman–Crippen LogP) is 4.23. The van der Waals surface area contributed by atoms with Crippen molar-refractivity contribution in [3.8, 4) is 0 Å². The molecule has 1 heterocycles. The number of nitrogen functional groups attached to an aromatic ring is 1. The number of nitrogens with zero attached hydrogens (tertiary/aromatic N) is 1. The number of fused-ring (bicyclic) bond motifs is 1. The largest absolute Gasteiger partial charge is 0.398 e. The molecule has 0 aromatic heterocycles. The highest BCUT2D eigenvalue weighted by Crippen LogP contribution is 2.32. The first-order valence-electron chi connectivity index (χ1n) is 7.76. The first-order chi connectivity index (χ1) is 11.1. The lowest BCUT2D eigenvalue weighted by molar-refractivity contribution is -0.117. The third-order valence-electron chi connectivity index (χ3n) is 4.28. The van der Waals surface area contributed by atoms with E-state index < -0.39 is 0 Å². The molecule has 1 aliphatic rings. The fourth-order valence-electron chi connectivity index (χ4n) is 3.00. The predicted molar refractivity (Wildman–Crippen MR) is 106 cm³/mol. The second kappa shape index (κ2) is 7.90. The van der Waals surface area contributed by atoms with Gasteiger partial charge in [0.05, 0.1) is 0 Å². The molecule has 0 saturated heterocycles. The molecule has 3 N–H and O–H groups in total. The van der Waals surface area contributed by atoms with Gasteiger partial charge in [-0.1, -0.05) is 22.0 Å². The molecule has 0 radical (unpaired) electrons. The molecule has 6 heteroatoms. The van der Waals surface area contributed by atoms with E-state index in [-0.39, 0.29) is 24.4 Å². The highest BCUT2D eigenvalue weighted by Gasteiger charge is 2.26. The Bertz CT molecular complexity index is 721. The third kappa shape index (κ3) is 3.84. The minimum Gasteiger partial charge on any atom is -0.398 e. The molecule has 3 rings (SSSR count). The number of amides is 1. The van der Waals surface area contributed by atoms with E-state index in [1.54, 1.807) is 0 Å². The van der Waals surface area contributed by atoms with Crippen molar-refractivity contribution in [3.63, 3.8) is 0 Å². The van der Waals surface area contributed by atoms with E-state index in [9.17, 15) is 4.79 Å². The number of benzene rings is 2. The van der Waals surface area contributed by atoms with Gasteiger partial charge in [-0.2, -0.15) is 0 Å². The summed E-state index contributed by atoms with van der Waals surface area (Å²) in [7, 11) is 0. The molecule has 24 heavy (non-hydrogen) atoms. The van der Waals surface area contributed by atoms with Gasteiger partial charge in [0.15, 0.2) is 0 Å². The molecule has 0 bridgehead atoms. The van der Waals surface area contributed by atoms with Crippen LogP contribution in [0.25, 0.3) is 0 Å². The summed E-state index contributed by atoms with van der Waals surface area (Å²) >= 11 is 3.40. The van der Waals surface area contributed by atoms with Gasteiger partial charge in [0, 0.05) is 28.1 Å². The normalized spacial score (nSPS) is 14.3. The van der Waals surface area contributed by atoms with Gasteiger partial charge in [-0.05, 0) is 61.7 Å². The highest BCUT2D eigenvalue weighted by atomic mass is 79.9. The van der Waals surface area contributed by atoms with E-state index in [1.807, 2.05) is 49.4 Å². The number of carbonyl (C=O) groups is 1. The summed E-state index contributed by atoms with van der Waals surface area (Å²) < 4.78 is 0.990. The molecule has 1 unspecified atom stereocenters. The van der Waals surface area contributed by atoms with Crippen LogP contribution in [0.2, 0.25) is 0 Å². The number of anilines is 3. The number of halogens is 2. The lowest BCUT2D eigenvalue weighted by Crippen LogP contribution is -2.44. The van der Waals surface area contributed by atoms with E-state index in [0.29, 0.717) is 0 Å². The molecule has 1 amide bonds. The quantitative estimate of drug-likeness (QED) is 0.744. The van der Waals surface area contributed by atoms with Crippen LogP contribution in [0.3, 0.4) is 0 Å². The molecule has 1 atom stereocenters.